The van der Waals surface area contributed by atoms with E-state index in [0.717, 1.165) is 22.4 Å². The average Bonchev–Trinajstić information content (AvgIpc) is 3.23. The SMILES string of the molecule is COc1ccc2oc(-c3ccc(C)c(NC(=S)NC(=O)c4cccc(C)c4OC)c3)nc2c1. The van der Waals surface area contributed by atoms with Crippen LogP contribution in [-0.4, -0.2) is 30.2 Å². The van der Waals surface area contributed by atoms with Gasteiger partial charge in [-0.05, 0) is 67.5 Å². The number of para-hydroxylation sites is 1. The molecule has 7 nitrogen and oxygen atoms in total. The summed E-state index contributed by atoms with van der Waals surface area (Å²) in [6.07, 6.45) is 0. The third-order valence-electron chi connectivity index (χ3n) is 5.22. The molecule has 1 amide bonds. The topological polar surface area (TPSA) is 85.6 Å². The molecular weight excluding hydrogens is 438 g/mol. The van der Waals surface area contributed by atoms with Gasteiger partial charge in [-0.15, -0.1) is 0 Å². The van der Waals surface area contributed by atoms with Crippen molar-refractivity contribution in [1.29, 1.82) is 0 Å². The molecule has 8 heteroatoms. The van der Waals surface area contributed by atoms with Crippen molar-refractivity contribution in [2.75, 3.05) is 19.5 Å². The van der Waals surface area contributed by atoms with Crippen LogP contribution in [-0.2, 0) is 0 Å². The lowest BCUT2D eigenvalue weighted by Gasteiger charge is -2.14. The second kappa shape index (κ2) is 9.30. The number of carbonyl (C=O) groups is 1. The zero-order chi connectivity index (χ0) is 23.5. The van der Waals surface area contributed by atoms with Crippen molar-refractivity contribution in [3.8, 4) is 23.0 Å². The highest BCUT2D eigenvalue weighted by molar-refractivity contribution is 7.80. The first-order valence-electron chi connectivity index (χ1n) is 10.2. The van der Waals surface area contributed by atoms with Gasteiger partial charge in [-0.25, -0.2) is 4.98 Å². The molecule has 0 fully saturated rings. The predicted molar refractivity (Wildman–Crippen MR) is 132 cm³/mol. The third-order valence-corrected chi connectivity index (χ3v) is 5.42. The van der Waals surface area contributed by atoms with E-state index in [9.17, 15) is 4.79 Å². The minimum Gasteiger partial charge on any atom is -0.497 e. The molecule has 0 atom stereocenters. The summed E-state index contributed by atoms with van der Waals surface area (Å²) in [7, 11) is 3.14. The Hall–Kier alpha value is -3.91. The number of amides is 1. The molecule has 2 N–H and O–H groups in total. The van der Waals surface area contributed by atoms with Gasteiger partial charge in [0, 0.05) is 17.3 Å². The number of anilines is 1. The number of carbonyl (C=O) groups excluding carboxylic acids is 1. The van der Waals surface area contributed by atoms with Crippen LogP contribution in [0.4, 0.5) is 5.69 Å². The molecule has 4 rings (SSSR count). The summed E-state index contributed by atoms with van der Waals surface area (Å²) in [6, 6.07) is 16.6. The van der Waals surface area contributed by atoms with Crippen molar-refractivity contribution in [2.45, 2.75) is 13.8 Å². The Labute approximate surface area is 196 Å². The number of rotatable bonds is 5. The monoisotopic (exact) mass is 461 g/mol. The van der Waals surface area contributed by atoms with Gasteiger partial charge in [-0.1, -0.05) is 18.2 Å². The number of nitrogens with zero attached hydrogens (tertiary/aromatic N) is 1. The maximum Gasteiger partial charge on any atom is 0.261 e. The molecule has 0 unspecified atom stereocenters. The summed E-state index contributed by atoms with van der Waals surface area (Å²) in [5.41, 5.74) is 5.09. The number of ether oxygens (including phenoxy) is 2. The zero-order valence-corrected chi connectivity index (χ0v) is 19.5. The summed E-state index contributed by atoms with van der Waals surface area (Å²) in [5, 5.41) is 5.98. The van der Waals surface area contributed by atoms with E-state index in [1.165, 1.54) is 7.11 Å². The molecule has 3 aromatic carbocycles. The predicted octanol–water partition coefficient (Wildman–Crippen LogP) is 5.26. The highest BCUT2D eigenvalue weighted by atomic mass is 32.1. The van der Waals surface area contributed by atoms with Crippen LogP contribution in [0.2, 0.25) is 0 Å². The van der Waals surface area contributed by atoms with Crippen molar-refractivity contribution >= 4 is 40.0 Å². The quantitative estimate of drug-likeness (QED) is 0.392. The van der Waals surface area contributed by atoms with Crippen LogP contribution in [0.3, 0.4) is 0 Å². The van der Waals surface area contributed by atoms with Crippen molar-refractivity contribution < 1.29 is 18.7 Å². The van der Waals surface area contributed by atoms with E-state index in [-0.39, 0.29) is 11.0 Å². The minimum atomic E-state index is -0.352. The molecule has 0 saturated heterocycles. The maximum atomic E-state index is 12.7. The van der Waals surface area contributed by atoms with Gasteiger partial charge < -0.3 is 19.2 Å². The highest BCUT2D eigenvalue weighted by Crippen LogP contribution is 2.29. The van der Waals surface area contributed by atoms with Gasteiger partial charge >= 0.3 is 0 Å². The normalized spacial score (nSPS) is 10.7. The Morgan fingerprint density at radius 1 is 1.00 bits per heavy atom. The molecule has 0 aliphatic carbocycles. The van der Waals surface area contributed by atoms with E-state index >= 15 is 0 Å². The molecule has 168 valence electrons. The smallest absolute Gasteiger partial charge is 0.261 e. The number of oxazole rings is 1. The van der Waals surface area contributed by atoms with Gasteiger partial charge in [0.2, 0.25) is 5.89 Å². The molecule has 1 heterocycles. The van der Waals surface area contributed by atoms with E-state index in [2.05, 4.69) is 15.6 Å². The zero-order valence-electron chi connectivity index (χ0n) is 18.7. The number of benzene rings is 3. The Bertz CT molecular complexity index is 1360. The number of aryl methyl sites for hydroxylation is 2. The van der Waals surface area contributed by atoms with E-state index in [0.29, 0.717) is 34.1 Å². The van der Waals surface area contributed by atoms with Crippen LogP contribution in [0.15, 0.2) is 59.0 Å². The standard InChI is InChI=1S/C25H23N3O4S/c1-14-8-9-16(24-26-20-13-17(30-3)10-11-21(20)32-24)12-19(14)27-25(33)28-23(29)18-7-5-6-15(2)22(18)31-4/h5-13H,1-4H3,(H2,27,28,29,33). The van der Waals surface area contributed by atoms with Gasteiger partial charge in [-0.2, -0.15) is 0 Å². The van der Waals surface area contributed by atoms with Gasteiger partial charge in [0.1, 0.15) is 17.0 Å². The van der Waals surface area contributed by atoms with Gasteiger partial charge in [0.05, 0.1) is 19.8 Å². The van der Waals surface area contributed by atoms with E-state index in [1.54, 1.807) is 19.2 Å². The summed E-state index contributed by atoms with van der Waals surface area (Å²) in [4.78, 5) is 17.3. The number of fused-ring (bicyclic) bond motifs is 1. The second-order valence-electron chi connectivity index (χ2n) is 7.45. The van der Waals surface area contributed by atoms with E-state index in [1.807, 2.05) is 56.3 Å². The molecule has 4 aromatic rings. The first kappa shape index (κ1) is 22.3. The summed E-state index contributed by atoms with van der Waals surface area (Å²) >= 11 is 5.39. The molecule has 1 aromatic heterocycles. The van der Waals surface area contributed by atoms with Crippen LogP contribution in [0.25, 0.3) is 22.6 Å². The first-order valence-corrected chi connectivity index (χ1v) is 10.6. The third kappa shape index (κ3) is 4.65. The summed E-state index contributed by atoms with van der Waals surface area (Å²) in [6.45, 7) is 3.82. The van der Waals surface area contributed by atoms with Crippen LogP contribution in [0.1, 0.15) is 21.5 Å². The summed E-state index contributed by atoms with van der Waals surface area (Å²) in [5.74, 6) is 1.35. The molecule has 0 aliphatic rings. The molecule has 33 heavy (non-hydrogen) atoms. The summed E-state index contributed by atoms with van der Waals surface area (Å²) < 4.78 is 16.5. The molecule has 0 aliphatic heterocycles. The molecule has 0 spiro atoms. The van der Waals surface area contributed by atoms with Crippen molar-refractivity contribution in [1.82, 2.24) is 10.3 Å². The first-order chi connectivity index (χ1) is 15.9. The number of hydrogen-bond acceptors (Lipinski definition) is 6. The van der Waals surface area contributed by atoms with Crippen LogP contribution < -0.4 is 20.1 Å². The lowest BCUT2D eigenvalue weighted by Crippen LogP contribution is -2.34. The Balaban J connectivity index is 1.54. The van der Waals surface area contributed by atoms with E-state index in [4.69, 9.17) is 26.1 Å². The van der Waals surface area contributed by atoms with Gasteiger partial charge in [0.25, 0.3) is 5.91 Å². The number of aromatic nitrogens is 1. The van der Waals surface area contributed by atoms with Crippen molar-refractivity contribution in [2.24, 2.45) is 0 Å². The highest BCUT2D eigenvalue weighted by Gasteiger charge is 2.16. The van der Waals surface area contributed by atoms with Gasteiger partial charge in [-0.3, -0.25) is 10.1 Å². The largest absolute Gasteiger partial charge is 0.497 e. The maximum absolute atomic E-state index is 12.7. The van der Waals surface area contributed by atoms with E-state index < -0.39 is 0 Å². The minimum absolute atomic E-state index is 0.172. The fourth-order valence-corrected chi connectivity index (χ4v) is 3.68. The Morgan fingerprint density at radius 2 is 1.82 bits per heavy atom. The molecule has 0 radical (unpaired) electrons. The number of thiocarbonyl (C=S) groups is 1. The Morgan fingerprint density at radius 3 is 2.58 bits per heavy atom. The number of nitrogens with one attached hydrogen (secondary N) is 2. The number of hydrogen-bond donors (Lipinski definition) is 2. The Kier molecular flexibility index (Phi) is 6.28. The molecule has 0 bridgehead atoms. The van der Waals surface area contributed by atoms with Crippen molar-refractivity contribution in [3.63, 3.8) is 0 Å². The van der Waals surface area contributed by atoms with Crippen LogP contribution in [0, 0.1) is 13.8 Å². The lowest BCUT2D eigenvalue weighted by molar-refractivity contribution is 0.0974. The average molecular weight is 462 g/mol. The fourth-order valence-electron chi connectivity index (χ4n) is 3.47. The van der Waals surface area contributed by atoms with Gasteiger partial charge in [0.15, 0.2) is 10.7 Å². The number of methoxy groups -OCH3 is 2. The van der Waals surface area contributed by atoms with Crippen LogP contribution >= 0.6 is 12.2 Å². The molecule has 0 saturated carbocycles. The van der Waals surface area contributed by atoms with Crippen LogP contribution in [0.5, 0.6) is 11.5 Å². The van der Waals surface area contributed by atoms with Crippen molar-refractivity contribution in [3.05, 3.63) is 71.3 Å². The second-order valence-corrected chi connectivity index (χ2v) is 7.85. The lowest BCUT2D eigenvalue weighted by atomic mass is 10.1. The molecular formula is C25H23N3O4S. The fraction of sp³-hybridized carbons (Fsp3) is 0.160.